The first-order valence-corrected chi connectivity index (χ1v) is 9.91. The molecule has 2 fully saturated rings. The van der Waals surface area contributed by atoms with Gasteiger partial charge in [-0.3, -0.25) is 4.79 Å². The molecule has 2 aliphatic rings. The van der Waals surface area contributed by atoms with E-state index in [4.69, 9.17) is 0 Å². The quantitative estimate of drug-likeness (QED) is 0.773. The molecule has 1 saturated heterocycles. The zero-order chi connectivity index (χ0) is 18.2. The molecule has 0 aromatic carbocycles. The van der Waals surface area contributed by atoms with Gasteiger partial charge in [-0.1, -0.05) is 12.8 Å². The first kappa shape index (κ1) is 16.5. The minimum Gasteiger partial charge on any atom is -0.348 e. The number of likely N-dealkylation sites (tertiary alicyclic amines) is 1. The molecule has 1 aliphatic heterocycles. The van der Waals surface area contributed by atoms with Gasteiger partial charge in [0.25, 0.3) is 5.91 Å². The number of piperidine rings is 1. The van der Waals surface area contributed by atoms with E-state index in [1.54, 1.807) is 12.4 Å². The second-order valence-corrected chi connectivity index (χ2v) is 7.72. The molecule has 7 nitrogen and oxygen atoms in total. The Balaban J connectivity index is 1.37. The van der Waals surface area contributed by atoms with Crippen LogP contribution < -0.4 is 0 Å². The maximum Gasteiger partial charge on any atom is 0.255 e. The van der Waals surface area contributed by atoms with Crippen LogP contribution in [0.3, 0.4) is 0 Å². The molecule has 7 heteroatoms. The lowest BCUT2D eigenvalue weighted by atomic mass is 9.97. The summed E-state index contributed by atoms with van der Waals surface area (Å²) in [5, 5.41) is 0. The molecule has 1 aliphatic carbocycles. The van der Waals surface area contributed by atoms with E-state index in [2.05, 4.69) is 24.5 Å². The third kappa shape index (κ3) is 3.01. The summed E-state index contributed by atoms with van der Waals surface area (Å²) >= 11 is 0. The summed E-state index contributed by atoms with van der Waals surface area (Å²) in [6.07, 6.45) is 14.2. The molecule has 27 heavy (non-hydrogen) atoms. The number of H-pyrrole nitrogens is 1. The maximum absolute atomic E-state index is 13.0. The van der Waals surface area contributed by atoms with Gasteiger partial charge < -0.3 is 14.5 Å². The number of fused-ring (bicyclic) bond motifs is 1. The number of aromatic amines is 1. The number of nitrogens with zero attached hydrogens (tertiary/aromatic N) is 5. The van der Waals surface area contributed by atoms with Gasteiger partial charge in [0.05, 0.1) is 11.9 Å². The number of aromatic nitrogens is 5. The molecule has 0 radical (unpaired) electrons. The summed E-state index contributed by atoms with van der Waals surface area (Å²) in [7, 11) is 0. The topological polar surface area (TPSA) is 79.7 Å². The number of carbonyl (C=O) groups is 1. The van der Waals surface area contributed by atoms with Crippen molar-refractivity contribution in [1.82, 2.24) is 29.4 Å². The van der Waals surface area contributed by atoms with Crippen LogP contribution in [0.4, 0.5) is 0 Å². The summed E-state index contributed by atoms with van der Waals surface area (Å²) in [6.45, 7) is 1.48. The highest BCUT2D eigenvalue weighted by Crippen LogP contribution is 2.31. The fourth-order valence-electron chi connectivity index (χ4n) is 4.55. The number of hydrogen-bond acceptors (Lipinski definition) is 4. The van der Waals surface area contributed by atoms with Crippen LogP contribution in [0.2, 0.25) is 0 Å². The number of carbonyl (C=O) groups excluding carboxylic acids is 1. The van der Waals surface area contributed by atoms with Crippen molar-refractivity contribution in [3.05, 3.63) is 42.4 Å². The molecule has 0 spiro atoms. The first-order chi connectivity index (χ1) is 13.3. The molecule has 4 heterocycles. The number of amides is 1. The van der Waals surface area contributed by atoms with Gasteiger partial charge in [-0.05, 0) is 31.7 Å². The monoisotopic (exact) mass is 364 g/mol. The van der Waals surface area contributed by atoms with Crippen LogP contribution in [0.25, 0.3) is 11.2 Å². The van der Waals surface area contributed by atoms with Crippen LogP contribution >= 0.6 is 0 Å². The normalized spacial score (nSPS) is 21.2. The number of rotatable bonds is 3. The van der Waals surface area contributed by atoms with Gasteiger partial charge in [-0.15, -0.1) is 0 Å². The molecular formula is C20H24N6O. The Morgan fingerprint density at radius 2 is 2.00 bits per heavy atom. The van der Waals surface area contributed by atoms with E-state index >= 15 is 0 Å². The van der Waals surface area contributed by atoms with Crippen molar-refractivity contribution in [2.75, 3.05) is 13.1 Å². The number of imidazole rings is 2. The van der Waals surface area contributed by atoms with Crippen molar-refractivity contribution in [2.45, 2.75) is 50.5 Å². The lowest BCUT2D eigenvalue weighted by Crippen LogP contribution is -2.39. The summed E-state index contributed by atoms with van der Waals surface area (Å²) in [5.41, 5.74) is 2.33. The Labute approximate surface area is 157 Å². The predicted molar refractivity (Wildman–Crippen MR) is 101 cm³/mol. The van der Waals surface area contributed by atoms with Crippen LogP contribution in [-0.2, 0) is 0 Å². The summed E-state index contributed by atoms with van der Waals surface area (Å²) in [6, 6.07) is 2.40. The molecule has 1 saturated carbocycles. The third-order valence-electron chi connectivity index (χ3n) is 5.99. The standard InChI is InChI=1S/C20H24N6O/c27-20(25-9-3-4-14(12-25)18-21-7-8-22-18)15-10-17-19(23-11-15)26(13-24-17)16-5-1-2-6-16/h7-8,10-11,13-14,16H,1-6,9,12H2,(H,21,22). The third-order valence-corrected chi connectivity index (χ3v) is 5.99. The summed E-state index contributed by atoms with van der Waals surface area (Å²) < 4.78 is 2.18. The summed E-state index contributed by atoms with van der Waals surface area (Å²) in [5.74, 6) is 1.28. The van der Waals surface area contributed by atoms with E-state index in [1.807, 2.05) is 23.5 Å². The Bertz CT molecular complexity index is 941. The van der Waals surface area contributed by atoms with Crippen LogP contribution in [0.5, 0.6) is 0 Å². The smallest absolute Gasteiger partial charge is 0.255 e. The van der Waals surface area contributed by atoms with Gasteiger partial charge in [-0.2, -0.15) is 0 Å². The average molecular weight is 364 g/mol. The van der Waals surface area contributed by atoms with Crippen molar-refractivity contribution >= 4 is 17.1 Å². The Morgan fingerprint density at radius 3 is 2.81 bits per heavy atom. The fourth-order valence-corrected chi connectivity index (χ4v) is 4.55. The Hall–Kier alpha value is -2.70. The van der Waals surface area contributed by atoms with Crippen molar-refractivity contribution in [3.63, 3.8) is 0 Å². The van der Waals surface area contributed by atoms with E-state index in [-0.39, 0.29) is 11.8 Å². The van der Waals surface area contributed by atoms with Gasteiger partial charge in [0.1, 0.15) is 11.3 Å². The van der Waals surface area contributed by atoms with Gasteiger partial charge in [-0.25, -0.2) is 15.0 Å². The zero-order valence-corrected chi connectivity index (χ0v) is 15.3. The molecule has 5 rings (SSSR count). The molecule has 1 N–H and O–H groups in total. The number of hydrogen-bond donors (Lipinski definition) is 1. The van der Waals surface area contributed by atoms with Gasteiger partial charge in [0.2, 0.25) is 0 Å². The minimum absolute atomic E-state index is 0.0380. The van der Waals surface area contributed by atoms with Crippen molar-refractivity contribution in [3.8, 4) is 0 Å². The Morgan fingerprint density at radius 1 is 1.11 bits per heavy atom. The maximum atomic E-state index is 13.0. The van der Waals surface area contributed by atoms with Crippen LogP contribution in [-0.4, -0.2) is 48.4 Å². The number of nitrogens with one attached hydrogen (secondary N) is 1. The van der Waals surface area contributed by atoms with E-state index in [9.17, 15) is 4.79 Å². The fraction of sp³-hybridized carbons (Fsp3) is 0.500. The van der Waals surface area contributed by atoms with Crippen LogP contribution in [0.15, 0.2) is 31.0 Å². The molecule has 1 unspecified atom stereocenters. The van der Waals surface area contributed by atoms with Crippen molar-refractivity contribution in [2.24, 2.45) is 0 Å². The van der Waals surface area contributed by atoms with Gasteiger partial charge in [0.15, 0.2) is 5.65 Å². The molecule has 3 aromatic rings. The van der Waals surface area contributed by atoms with E-state index in [0.717, 1.165) is 36.4 Å². The highest BCUT2D eigenvalue weighted by Gasteiger charge is 2.27. The molecule has 0 bridgehead atoms. The lowest BCUT2D eigenvalue weighted by Gasteiger charge is -2.31. The second-order valence-electron chi connectivity index (χ2n) is 7.72. The molecule has 1 atom stereocenters. The molecule has 1 amide bonds. The lowest BCUT2D eigenvalue weighted by molar-refractivity contribution is 0.0704. The SMILES string of the molecule is O=C(c1cnc2c(c1)ncn2C1CCCC1)N1CCCC(c2ncc[nH]2)C1. The van der Waals surface area contributed by atoms with E-state index in [0.29, 0.717) is 18.2 Å². The highest BCUT2D eigenvalue weighted by atomic mass is 16.2. The minimum atomic E-state index is 0.0380. The molecular weight excluding hydrogens is 340 g/mol. The Kier molecular flexibility index (Phi) is 4.14. The average Bonchev–Trinajstić information content (AvgIpc) is 3.48. The van der Waals surface area contributed by atoms with Crippen molar-refractivity contribution < 1.29 is 4.79 Å². The van der Waals surface area contributed by atoms with Gasteiger partial charge >= 0.3 is 0 Å². The largest absolute Gasteiger partial charge is 0.348 e. The summed E-state index contributed by atoms with van der Waals surface area (Å²) in [4.78, 5) is 31.6. The number of pyridine rings is 1. The van der Waals surface area contributed by atoms with Crippen LogP contribution in [0.1, 0.15) is 66.7 Å². The van der Waals surface area contributed by atoms with Gasteiger partial charge in [0, 0.05) is 43.6 Å². The molecule has 140 valence electrons. The van der Waals surface area contributed by atoms with Crippen molar-refractivity contribution in [1.29, 1.82) is 0 Å². The second kappa shape index (κ2) is 6.79. The zero-order valence-electron chi connectivity index (χ0n) is 15.3. The van der Waals surface area contributed by atoms with E-state index in [1.165, 1.54) is 25.7 Å². The highest BCUT2D eigenvalue weighted by molar-refractivity contribution is 5.96. The molecule has 3 aromatic heterocycles. The predicted octanol–water partition coefficient (Wildman–Crippen LogP) is 3.29. The van der Waals surface area contributed by atoms with E-state index < -0.39 is 0 Å². The first-order valence-electron chi connectivity index (χ1n) is 9.91. The van der Waals surface area contributed by atoms with Crippen LogP contribution in [0, 0.1) is 0 Å².